The molecule has 2 aliphatic rings. The van der Waals surface area contributed by atoms with Crippen molar-refractivity contribution < 1.29 is 9.47 Å². The molecule has 3 nitrogen and oxygen atoms in total. The topological polar surface area (TPSA) is 30.5 Å². The largest absolute Gasteiger partial charge is 0.378 e. The summed E-state index contributed by atoms with van der Waals surface area (Å²) in [4.78, 5) is 0. The molecule has 1 aliphatic heterocycles. The number of hydrogen-bond acceptors (Lipinski definition) is 3. The number of hydrogen-bond donors (Lipinski definition) is 1. The van der Waals surface area contributed by atoms with Gasteiger partial charge in [-0.25, -0.2) is 0 Å². The Morgan fingerprint density at radius 2 is 2.06 bits per heavy atom. The molecule has 17 heavy (non-hydrogen) atoms. The van der Waals surface area contributed by atoms with Gasteiger partial charge in [-0.2, -0.15) is 0 Å². The Balaban J connectivity index is 2.18. The van der Waals surface area contributed by atoms with Gasteiger partial charge in [0.2, 0.25) is 0 Å². The second kappa shape index (κ2) is 4.87. The van der Waals surface area contributed by atoms with Crippen LogP contribution in [-0.4, -0.2) is 37.5 Å². The summed E-state index contributed by atoms with van der Waals surface area (Å²) in [6, 6.07) is 0. The fourth-order valence-corrected chi connectivity index (χ4v) is 3.21. The van der Waals surface area contributed by atoms with E-state index in [0.29, 0.717) is 5.92 Å². The third-order valence-electron chi connectivity index (χ3n) is 4.75. The highest BCUT2D eigenvalue weighted by molar-refractivity contribution is 5.02. The van der Waals surface area contributed by atoms with E-state index in [1.54, 1.807) is 0 Å². The highest BCUT2D eigenvalue weighted by atomic mass is 16.6. The van der Waals surface area contributed by atoms with Crippen LogP contribution in [0.25, 0.3) is 0 Å². The molecule has 1 heterocycles. The molecular formula is C14H27NO2. The van der Waals surface area contributed by atoms with E-state index in [0.717, 1.165) is 25.9 Å². The lowest BCUT2D eigenvalue weighted by atomic mass is 9.78. The molecule has 0 aromatic heterocycles. The molecular weight excluding hydrogens is 214 g/mol. The maximum atomic E-state index is 6.58. The SMILES string of the molecule is COC1CCCCC12CNCC(C)(C(C)C)O2. The van der Waals surface area contributed by atoms with Gasteiger partial charge in [-0.05, 0) is 25.7 Å². The Bertz CT molecular complexity index is 265. The maximum Gasteiger partial charge on any atom is 0.107 e. The Morgan fingerprint density at radius 3 is 2.71 bits per heavy atom. The summed E-state index contributed by atoms with van der Waals surface area (Å²) in [6.07, 6.45) is 5.03. The van der Waals surface area contributed by atoms with E-state index >= 15 is 0 Å². The summed E-state index contributed by atoms with van der Waals surface area (Å²) < 4.78 is 12.3. The minimum atomic E-state index is -0.0930. The van der Waals surface area contributed by atoms with Crippen molar-refractivity contribution in [2.75, 3.05) is 20.2 Å². The summed E-state index contributed by atoms with van der Waals surface area (Å²) >= 11 is 0. The molecule has 1 saturated heterocycles. The van der Waals surface area contributed by atoms with Crippen molar-refractivity contribution in [3.63, 3.8) is 0 Å². The Hall–Kier alpha value is -0.120. The summed E-state index contributed by atoms with van der Waals surface area (Å²) in [7, 11) is 1.82. The highest BCUT2D eigenvalue weighted by Gasteiger charge is 2.50. The van der Waals surface area contributed by atoms with Crippen molar-refractivity contribution in [3.8, 4) is 0 Å². The summed E-state index contributed by atoms with van der Waals surface area (Å²) in [6.45, 7) is 8.60. The van der Waals surface area contributed by atoms with Crippen molar-refractivity contribution >= 4 is 0 Å². The van der Waals surface area contributed by atoms with Crippen LogP contribution in [-0.2, 0) is 9.47 Å². The minimum absolute atomic E-state index is 0.0631. The van der Waals surface area contributed by atoms with Crippen LogP contribution in [0.1, 0.15) is 46.5 Å². The third-order valence-corrected chi connectivity index (χ3v) is 4.75. The van der Waals surface area contributed by atoms with Gasteiger partial charge in [-0.15, -0.1) is 0 Å². The number of rotatable bonds is 2. The average Bonchev–Trinajstić information content (AvgIpc) is 2.29. The first-order chi connectivity index (χ1) is 8.02. The second-order valence-electron chi connectivity index (χ2n) is 6.21. The minimum Gasteiger partial charge on any atom is -0.378 e. The van der Waals surface area contributed by atoms with Gasteiger partial charge < -0.3 is 14.8 Å². The van der Waals surface area contributed by atoms with E-state index in [1.165, 1.54) is 12.8 Å². The van der Waals surface area contributed by atoms with E-state index in [9.17, 15) is 0 Å². The summed E-state index contributed by atoms with van der Waals surface area (Å²) in [5.74, 6) is 0.520. The van der Waals surface area contributed by atoms with E-state index < -0.39 is 0 Å². The standard InChI is InChI=1S/C14H27NO2/c1-11(2)13(3)9-15-10-14(17-13)8-6-5-7-12(14)16-4/h11-12,15H,5-10H2,1-4H3. The van der Waals surface area contributed by atoms with Crippen molar-refractivity contribution in [2.45, 2.75) is 63.8 Å². The maximum absolute atomic E-state index is 6.58. The van der Waals surface area contributed by atoms with E-state index in [4.69, 9.17) is 9.47 Å². The normalized spacial score (nSPS) is 43.2. The fourth-order valence-electron chi connectivity index (χ4n) is 3.21. The predicted molar refractivity (Wildman–Crippen MR) is 69.2 cm³/mol. The lowest BCUT2D eigenvalue weighted by Gasteiger charge is -2.53. The zero-order chi connectivity index (χ0) is 12.5. The summed E-state index contributed by atoms with van der Waals surface area (Å²) in [5, 5.41) is 3.58. The molecule has 1 aliphatic carbocycles. The van der Waals surface area contributed by atoms with Crippen LogP contribution in [0.5, 0.6) is 0 Å². The lowest BCUT2D eigenvalue weighted by Crippen LogP contribution is -2.66. The Morgan fingerprint density at radius 1 is 1.29 bits per heavy atom. The first-order valence-electron chi connectivity index (χ1n) is 6.96. The van der Waals surface area contributed by atoms with Crippen LogP contribution in [0, 0.1) is 5.92 Å². The van der Waals surface area contributed by atoms with Gasteiger partial charge in [0.05, 0.1) is 11.7 Å². The predicted octanol–water partition coefficient (Wildman–Crippen LogP) is 2.35. The molecule has 100 valence electrons. The number of morpholine rings is 1. The molecule has 0 aromatic rings. The first-order valence-corrected chi connectivity index (χ1v) is 6.96. The van der Waals surface area contributed by atoms with Gasteiger partial charge in [0.15, 0.2) is 0 Å². The fraction of sp³-hybridized carbons (Fsp3) is 1.00. The van der Waals surface area contributed by atoms with Gasteiger partial charge >= 0.3 is 0 Å². The first kappa shape index (κ1) is 13.3. The molecule has 1 N–H and O–H groups in total. The Labute approximate surface area is 105 Å². The zero-order valence-corrected chi connectivity index (χ0v) is 11.7. The van der Waals surface area contributed by atoms with Crippen molar-refractivity contribution in [2.24, 2.45) is 5.92 Å². The monoisotopic (exact) mass is 241 g/mol. The van der Waals surface area contributed by atoms with Crippen molar-refractivity contribution in [3.05, 3.63) is 0 Å². The average molecular weight is 241 g/mol. The smallest absolute Gasteiger partial charge is 0.107 e. The van der Waals surface area contributed by atoms with Crippen LogP contribution >= 0.6 is 0 Å². The molecule has 1 saturated carbocycles. The Kier molecular flexibility index (Phi) is 3.81. The molecule has 3 heteroatoms. The van der Waals surface area contributed by atoms with Crippen LogP contribution < -0.4 is 5.32 Å². The van der Waals surface area contributed by atoms with Gasteiger partial charge in [-0.1, -0.05) is 26.7 Å². The second-order valence-corrected chi connectivity index (χ2v) is 6.21. The van der Waals surface area contributed by atoms with Crippen LogP contribution in [0.2, 0.25) is 0 Å². The van der Waals surface area contributed by atoms with Crippen molar-refractivity contribution in [1.82, 2.24) is 5.32 Å². The molecule has 0 bridgehead atoms. The molecule has 1 spiro atoms. The van der Waals surface area contributed by atoms with E-state index in [1.807, 2.05) is 7.11 Å². The lowest BCUT2D eigenvalue weighted by molar-refractivity contribution is -0.242. The van der Waals surface area contributed by atoms with Crippen LogP contribution in [0.15, 0.2) is 0 Å². The number of nitrogens with one attached hydrogen (secondary N) is 1. The molecule has 0 radical (unpaired) electrons. The van der Waals surface area contributed by atoms with Gasteiger partial charge in [0.1, 0.15) is 5.60 Å². The van der Waals surface area contributed by atoms with Crippen LogP contribution in [0.4, 0.5) is 0 Å². The van der Waals surface area contributed by atoms with Gasteiger partial charge in [-0.3, -0.25) is 0 Å². The molecule has 2 rings (SSSR count). The van der Waals surface area contributed by atoms with Crippen LogP contribution in [0.3, 0.4) is 0 Å². The third kappa shape index (κ3) is 2.38. The van der Waals surface area contributed by atoms with Gasteiger partial charge in [0.25, 0.3) is 0 Å². The molecule has 0 amide bonds. The van der Waals surface area contributed by atoms with Crippen molar-refractivity contribution in [1.29, 1.82) is 0 Å². The van der Waals surface area contributed by atoms with E-state index in [-0.39, 0.29) is 17.3 Å². The van der Waals surface area contributed by atoms with E-state index in [2.05, 4.69) is 26.1 Å². The quantitative estimate of drug-likeness (QED) is 0.805. The number of methoxy groups -OCH3 is 1. The highest BCUT2D eigenvalue weighted by Crippen LogP contribution is 2.40. The molecule has 2 fully saturated rings. The van der Waals surface area contributed by atoms with Gasteiger partial charge in [0, 0.05) is 20.2 Å². The summed E-state index contributed by atoms with van der Waals surface area (Å²) in [5.41, 5.74) is -0.156. The zero-order valence-electron chi connectivity index (χ0n) is 11.7. The molecule has 0 aromatic carbocycles. The molecule has 3 unspecified atom stereocenters. The number of ether oxygens (including phenoxy) is 2. The molecule has 3 atom stereocenters.